The van der Waals surface area contributed by atoms with Crippen molar-refractivity contribution in [2.24, 2.45) is 17.3 Å². The first-order valence-corrected chi connectivity index (χ1v) is 6.75. The second-order valence-electron chi connectivity index (χ2n) is 4.37. The summed E-state index contributed by atoms with van der Waals surface area (Å²) in [6, 6.07) is 0. The number of thioether (sulfide) groups is 2. The fraction of sp³-hybridized carbons (Fsp3) is 0.900. The Hall–Kier alpha value is 0.370. The van der Waals surface area contributed by atoms with Gasteiger partial charge in [-0.15, -0.1) is 0 Å². The molecule has 0 aromatic heterocycles. The van der Waals surface area contributed by atoms with Crippen molar-refractivity contribution in [3.8, 4) is 0 Å². The summed E-state index contributed by atoms with van der Waals surface area (Å²) in [4.78, 5) is 11.1. The van der Waals surface area contributed by atoms with E-state index in [1.165, 1.54) is 23.5 Å². The van der Waals surface area contributed by atoms with Gasteiger partial charge in [0.2, 0.25) is 4.45 Å². The monoisotopic (exact) mass is 218 g/mol. The van der Waals surface area contributed by atoms with E-state index < -0.39 is 0 Å². The van der Waals surface area contributed by atoms with Crippen LogP contribution in [0.5, 0.6) is 0 Å². The molecule has 76 valence electrons. The van der Waals surface area contributed by atoms with Gasteiger partial charge >= 0.3 is 0 Å². The quantitative estimate of drug-likeness (QED) is 0.700. The molecule has 1 nitrogen and oxygen atoms in total. The minimum atomic E-state index is 0.303. The lowest BCUT2D eigenvalue weighted by Gasteiger charge is -2.43. The first-order chi connectivity index (χ1) is 5.99. The molecule has 0 aliphatic carbocycles. The number of hydrogen-bond acceptors (Lipinski definition) is 3. The molecule has 1 aliphatic rings. The molecule has 0 spiro atoms. The van der Waals surface area contributed by atoms with Gasteiger partial charge in [0.05, 0.1) is 0 Å². The summed E-state index contributed by atoms with van der Waals surface area (Å²) in [5.74, 6) is 3.35. The van der Waals surface area contributed by atoms with E-state index in [9.17, 15) is 4.79 Å². The van der Waals surface area contributed by atoms with E-state index in [2.05, 4.69) is 27.7 Å². The van der Waals surface area contributed by atoms with Gasteiger partial charge in [0.15, 0.2) is 0 Å². The van der Waals surface area contributed by atoms with Crippen molar-refractivity contribution < 1.29 is 4.79 Å². The molecule has 1 saturated heterocycles. The van der Waals surface area contributed by atoms with E-state index in [0.717, 1.165) is 11.5 Å². The van der Waals surface area contributed by atoms with Crippen molar-refractivity contribution in [3.63, 3.8) is 0 Å². The number of carbonyl (C=O) groups is 1. The van der Waals surface area contributed by atoms with E-state index >= 15 is 0 Å². The van der Waals surface area contributed by atoms with E-state index in [4.69, 9.17) is 0 Å². The summed E-state index contributed by atoms with van der Waals surface area (Å²) < 4.78 is 0.303. The Kier molecular flexibility index (Phi) is 3.75. The fourth-order valence-electron chi connectivity index (χ4n) is 1.80. The van der Waals surface area contributed by atoms with Gasteiger partial charge in [-0.2, -0.15) is 0 Å². The van der Waals surface area contributed by atoms with Crippen LogP contribution in [-0.4, -0.2) is 16.0 Å². The standard InChI is InChI=1S/C10H18OS2/c1-7(2)10(8(3)4)5-12-9(11)13-6-10/h7-8H,5-6H2,1-4H3. The molecule has 0 bridgehead atoms. The highest BCUT2D eigenvalue weighted by Gasteiger charge is 2.41. The highest BCUT2D eigenvalue weighted by Crippen LogP contribution is 2.46. The molecular formula is C10H18OS2. The molecule has 0 saturated carbocycles. The van der Waals surface area contributed by atoms with Crippen molar-refractivity contribution in [1.29, 1.82) is 0 Å². The van der Waals surface area contributed by atoms with Gasteiger partial charge in [-0.05, 0) is 17.3 Å². The first-order valence-electron chi connectivity index (χ1n) is 4.78. The van der Waals surface area contributed by atoms with E-state index in [0.29, 0.717) is 21.7 Å². The molecule has 0 N–H and O–H groups in total. The molecule has 0 amide bonds. The van der Waals surface area contributed by atoms with E-state index in [1.807, 2.05) is 0 Å². The van der Waals surface area contributed by atoms with Crippen LogP contribution in [0.4, 0.5) is 4.79 Å². The third-order valence-corrected chi connectivity index (χ3v) is 5.76. The highest BCUT2D eigenvalue weighted by atomic mass is 32.2. The normalized spacial score (nSPS) is 22.8. The van der Waals surface area contributed by atoms with Gasteiger partial charge < -0.3 is 0 Å². The third kappa shape index (κ3) is 2.24. The van der Waals surface area contributed by atoms with Gasteiger partial charge in [0.1, 0.15) is 0 Å². The fourth-order valence-corrected chi connectivity index (χ4v) is 4.93. The lowest BCUT2D eigenvalue weighted by atomic mass is 9.72. The molecule has 0 unspecified atom stereocenters. The van der Waals surface area contributed by atoms with Gasteiger partial charge in [-0.3, -0.25) is 4.79 Å². The Morgan fingerprint density at radius 2 is 1.46 bits per heavy atom. The summed E-state index contributed by atoms with van der Waals surface area (Å²) >= 11 is 3.01. The Morgan fingerprint density at radius 1 is 1.08 bits per heavy atom. The van der Waals surface area contributed by atoms with Gasteiger partial charge in [0, 0.05) is 11.5 Å². The van der Waals surface area contributed by atoms with Crippen molar-refractivity contribution in [1.82, 2.24) is 0 Å². The molecule has 1 fully saturated rings. The SMILES string of the molecule is CC(C)C1(C(C)C)CSC(=O)SC1. The highest BCUT2D eigenvalue weighted by molar-refractivity contribution is 8.39. The topological polar surface area (TPSA) is 17.1 Å². The Morgan fingerprint density at radius 3 is 1.77 bits per heavy atom. The van der Waals surface area contributed by atoms with E-state index in [1.54, 1.807) is 0 Å². The van der Waals surface area contributed by atoms with Crippen LogP contribution >= 0.6 is 23.5 Å². The summed E-state index contributed by atoms with van der Waals surface area (Å²) in [5.41, 5.74) is 0.364. The van der Waals surface area contributed by atoms with Gasteiger partial charge in [-0.1, -0.05) is 51.2 Å². The second kappa shape index (κ2) is 4.26. The predicted molar refractivity (Wildman–Crippen MR) is 62.4 cm³/mol. The maximum Gasteiger partial charge on any atom is 0.246 e. The van der Waals surface area contributed by atoms with Crippen molar-refractivity contribution in [2.45, 2.75) is 27.7 Å². The number of carbonyl (C=O) groups excluding carboxylic acids is 1. The molecule has 3 heteroatoms. The van der Waals surface area contributed by atoms with Crippen LogP contribution in [0.15, 0.2) is 0 Å². The lowest BCUT2D eigenvalue weighted by Crippen LogP contribution is -2.40. The van der Waals surface area contributed by atoms with Crippen LogP contribution in [0.3, 0.4) is 0 Å². The van der Waals surface area contributed by atoms with Crippen LogP contribution in [0.25, 0.3) is 0 Å². The van der Waals surface area contributed by atoms with Crippen LogP contribution in [-0.2, 0) is 0 Å². The van der Waals surface area contributed by atoms with Gasteiger partial charge in [-0.25, -0.2) is 0 Å². The molecule has 0 aromatic carbocycles. The zero-order valence-corrected chi connectivity index (χ0v) is 10.4. The Balaban J connectivity index is 2.75. The van der Waals surface area contributed by atoms with E-state index in [-0.39, 0.29) is 0 Å². The zero-order chi connectivity index (χ0) is 10.1. The lowest BCUT2D eigenvalue weighted by molar-refractivity contribution is 0.178. The minimum Gasteiger partial charge on any atom is -0.274 e. The summed E-state index contributed by atoms with van der Waals surface area (Å²) in [7, 11) is 0. The average molecular weight is 218 g/mol. The number of rotatable bonds is 2. The maximum absolute atomic E-state index is 11.1. The molecule has 0 atom stereocenters. The van der Waals surface area contributed by atoms with Crippen molar-refractivity contribution in [2.75, 3.05) is 11.5 Å². The maximum atomic E-state index is 11.1. The van der Waals surface area contributed by atoms with Crippen LogP contribution in [0, 0.1) is 17.3 Å². The molecule has 1 heterocycles. The van der Waals surface area contributed by atoms with Crippen molar-refractivity contribution >= 4 is 28.0 Å². The predicted octanol–water partition coefficient (Wildman–Crippen LogP) is 3.88. The molecule has 0 radical (unpaired) electrons. The summed E-state index contributed by atoms with van der Waals surface area (Å²) in [5, 5.41) is 0. The third-order valence-electron chi connectivity index (χ3n) is 3.22. The van der Waals surface area contributed by atoms with Gasteiger partial charge in [0.25, 0.3) is 0 Å². The zero-order valence-electron chi connectivity index (χ0n) is 8.79. The molecule has 0 aromatic rings. The van der Waals surface area contributed by atoms with Crippen LogP contribution in [0.2, 0.25) is 0 Å². The minimum absolute atomic E-state index is 0.303. The van der Waals surface area contributed by atoms with Crippen molar-refractivity contribution in [3.05, 3.63) is 0 Å². The largest absolute Gasteiger partial charge is 0.274 e. The smallest absolute Gasteiger partial charge is 0.246 e. The second-order valence-corrected chi connectivity index (χ2v) is 6.52. The van der Waals surface area contributed by atoms with Crippen LogP contribution < -0.4 is 0 Å². The molecule has 13 heavy (non-hydrogen) atoms. The molecular weight excluding hydrogens is 200 g/mol. The Labute approximate surface area is 89.4 Å². The molecule has 1 aliphatic heterocycles. The first kappa shape index (κ1) is 11.4. The molecule has 1 rings (SSSR count). The van der Waals surface area contributed by atoms with Crippen LogP contribution in [0.1, 0.15) is 27.7 Å². The summed E-state index contributed by atoms with van der Waals surface area (Å²) in [6.07, 6.45) is 0. The number of hydrogen-bond donors (Lipinski definition) is 0. The summed E-state index contributed by atoms with van der Waals surface area (Å²) in [6.45, 7) is 9.10. The Bertz CT molecular complexity index is 179. The average Bonchev–Trinajstić information content (AvgIpc) is 2.04.